The van der Waals surface area contributed by atoms with Crippen LogP contribution in [0.15, 0.2) is 47.4 Å². The lowest BCUT2D eigenvalue weighted by molar-refractivity contribution is 0.0690. The third-order valence-electron chi connectivity index (χ3n) is 5.71. The van der Waals surface area contributed by atoms with Crippen molar-refractivity contribution in [1.29, 1.82) is 0 Å². The molecule has 1 saturated heterocycles. The van der Waals surface area contributed by atoms with Gasteiger partial charge < -0.3 is 4.90 Å². The minimum absolute atomic E-state index is 0.0197. The Hall–Kier alpha value is -1.60. The van der Waals surface area contributed by atoms with Gasteiger partial charge in [-0.3, -0.25) is 4.79 Å². The number of carbonyl (C=O) groups is 1. The van der Waals surface area contributed by atoms with Gasteiger partial charge in [0.05, 0.1) is 15.6 Å². The molecule has 8 heteroatoms. The van der Waals surface area contributed by atoms with Crippen molar-refractivity contribution in [2.75, 3.05) is 13.1 Å². The fourth-order valence-electron chi connectivity index (χ4n) is 3.84. The van der Waals surface area contributed by atoms with E-state index in [1.54, 1.807) is 4.90 Å². The van der Waals surface area contributed by atoms with Crippen LogP contribution < -0.4 is 4.72 Å². The first-order chi connectivity index (χ1) is 14.3. The number of sulfonamides is 1. The molecule has 0 aromatic heterocycles. The van der Waals surface area contributed by atoms with Crippen molar-refractivity contribution in [3.05, 3.63) is 63.6 Å². The molecule has 0 atom stereocenters. The van der Waals surface area contributed by atoms with E-state index in [4.69, 9.17) is 23.2 Å². The molecule has 1 N–H and O–H groups in total. The van der Waals surface area contributed by atoms with Gasteiger partial charge in [0.15, 0.2) is 0 Å². The van der Waals surface area contributed by atoms with Crippen molar-refractivity contribution < 1.29 is 13.2 Å². The number of piperidine rings is 1. The number of hydrogen-bond donors (Lipinski definition) is 1. The topological polar surface area (TPSA) is 66.5 Å². The van der Waals surface area contributed by atoms with Crippen LogP contribution in [-0.2, 0) is 16.4 Å². The Labute approximate surface area is 187 Å². The first kappa shape index (κ1) is 21.6. The molecule has 0 spiro atoms. The van der Waals surface area contributed by atoms with E-state index in [0.717, 1.165) is 32.1 Å². The van der Waals surface area contributed by atoms with Gasteiger partial charge in [0.1, 0.15) is 4.90 Å². The van der Waals surface area contributed by atoms with E-state index in [0.29, 0.717) is 19.0 Å². The Kier molecular flexibility index (Phi) is 6.39. The molecule has 1 saturated carbocycles. The van der Waals surface area contributed by atoms with Crippen LogP contribution in [0.4, 0.5) is 0 Å². The van der Waals surface area contributed by atoms with Crippen LogP contribution in [0, 0.1) is 5.92 Å². The molecule has 0 bridgehead atoms. The van der Waals surface area contributed by atoms with Gasteiger partial charge in [-0.15, -0.1) is 0 Å². The molecule has 160 valence electrons. The average molecular weight is 467 g/mol. The minimum Gasteiger partial charge on any atom is -0.339 e. The molecule has 2 aromatic rings. The molecule has 0 unspecified atom stereocenters. The number of halogens is 2. The number of benzene rings is 2. The molecule has 5 nitrogen and oxygen atoms in total. The lowest BCUT2D eigenvalue weighted by atomic mass is 9.90. The number of hydrogen-bond acceptors (Lipinski definition) is 3. The quantitative estimate of drug-likeness (QED) is 0.679. The van der Waals surface area contributed by atoms with E-state index in [-0.39, 0.29) is 32.5 Å². The normalized spacial score (nSPS) is 17.9. The van der Waals surface area contributed by atoms with Crippen LogP contribution in [0.1, 0.15) is 41.6 Å². The second-order valence-electron chi connectivity index (χ2n) is 8.08. The van der Waals surface area contributed by atoms with Crippen LogP contribution in [0.5, 0.6) is 0 Å². The van der Waals surface area contributed by atoms with E-state index < -0.39 is 10.0 Å². The summed E-state index contributed by atoms with van der Waals surface area (Å²) in [4.78, 5) is 14.8. The maximum Gasteiger partial charge on any atom is 0.255 e. The predicted octanol–water partition coefficient (Wildman–Crippen LogP) is 4.53. The molecule has 1 aliphatic carbocycles. The highest BCUT2D eigenvalue weighted by atomic mass is 35.5. The maximum atomic E-state index is 13.1. The highest BCUT2D eigenvalue weighted by molar-refractivity contribution is 7.89. The zero-order valence-corrected chi connectivity index (χ0v) is 18.8. The van der Waals surface area contributed by atoms with E-state index in [9.17, 15) is 13.2 Å². The molecular weight excluding hydrogens is 443 g/mol. The Morgan fingerprint density at radius 3 is 2.30 bits per heavy atom. The van der Waals surface area contributed by atoms with Crippen molar-refractivity contribution in [3.8, 4) is 0 Å². The van der Waals surface area contributed by atoms with Crippen LogP contribution in [-0.4, -0.2) is 38.4 Å². The SMILES string of the molecule is O=C(c1cc(S(=O)(=O)NC2CC2)c(Cl)cc1Cl)N1CCC(Cc2ccccc2)CC1. The fourth-order valence-corrected chi connectivity index (χ4v) is 6.00. The third kappa shape index (κ3) is 4.99. The Balaban J connectivity index is 1.46. The maximum absolute atomic E-state index is 13.1. The Bertz CT molecular complexity index is 1030. The highest BCUT2D eigenvalue weighted by Crippen LogP contribution is 2.32. The second-order valence-corrected chi connectivity index (χ2v) is 10.6. The molecule has 4 rings (SSSR count). The monoisotopic (exact) mass is 466 g/mol. The number of rotatable bonds is 6. The van der Waals surface area contributed by atoms with Crippen LogP contribution >= 0.6 is 23.2 Å². The summed E-state index contributed by atoms with van der Waals surface area (Å²) < 4.78 is 27.8. The van der Waals surface area contributed by atoms with Crippen LogP contribution in [0.25, 0.3) is 0 Å². The summed E-state index contributed by atoms with van der Waals surface area (Å²) in [6, 6.07) is 13.0. The van der Waals surface area contributed by atoms with E-state index in [2.05, 4.69) is 16.9 Å². The van der Waals surface area contributed by atoms with Gasteiger partial charge in [0.25, 0.3) is 5.91 Å². The fraction of sp³-hybridized carbons (Fsp3) is 0.409. The van der Waals surface area contributed by atoms with Gasteiger partial charge in [-0.1, -0.05) is 53.5 Å². The van der Waals surface area contributed by atoms with E-state index in [1.807, 2.05) is 18.2 Å². The summed E-state index contributed by atoms with van der Waals surface area (Å²) in [5.41, 5.74) is 1.49. The zero-order valence-electron chi connectivity index (χ0n) is 16.5. The average Bonchev–Trinajstić information content (AvgIpc) is 3.52. The smallest absolute Gasteiger partial charge is 0.255 e. The lowest BCUT2D eigenvalue weighted by Gasteiger charge is -2.32. The summed E-state index contributed by atoms with van der Waals surface area (Å²) >= 11 is 12.4. The first-order valence-electron chi connectivity index (χ1n) is 10.2. The van der Waals surface area contributed by atoms with Crippen molar-refractivity contribution in [2.24, 2.45) is 5.92 Å². The predicted molar refractivity (Wildman–Crippen MR) is 119 cm³/mol. The number of carbonyl (C=O) groups excluding carboxylic acids is 1. The van der Waals surface area contributed by atoms with Gasteiger partial charge in [0, 0.05) is 19.1 Å². The summed E-state index contributed by atoms with van der Waals surface area (Å²) in [6.45, 7) is 1.25. The summed E-state index contributed by atoms with van der Waals surface area (Å²) in [6.07, 6.45) is 4.43. The standard InChI is InChI=1S/C22H24Cl2N2O3S/c23-19-14-20(24)21(30(28,29)25-17-6-7-17)13-18(19)22(27)26-10-8-16(9-11-26)12-15-4-2-1-3-5-15/h1-5,13-14,16-17,25H,6-12H2. The van der Waals surface area contributed by atoms with E-state index >= 15 is 0 Å². The third-order valence-corrected chi connectivity index (χ3v) is 8.01. The molecule has 2 aliphatic rings. The van der Waals surface area contributed by atoms with Gasteiger partial charge in [-0.25, -0.2) is 13.1 Å². The second kappa shape index (κ2) is 8.87. The van der Waals surface area contributed by atoms with Crippen molar-refractivity contribution >= 4 is 39.1 Å². The number of likely N-dealkylation sites (tertiary alicyclic amines) is 1. The summed E-state index contributed by atoms with van der Waals surface area (Å²) in [5.74, 6) is 0.272. The van der Waals surface area contributed by atoms with Gasteiger partial charge in [-0.05, 0) is 55.7 Å². The molecule has 1 amide bonds. The number of amides is 1. The van der Waals surface area contributed by atoms with E-state index in [1.165, 1.54) is 17.7 Å². The van der Waals surface area contributed by atoms with Crippen molar-refractivity contribution in [1.82, 2.24) is 9.62 Å². The molecule has 2 fully saturated rings. The van der Waals surface area contributed by atoms with Gasteiger partial charge in [-0.2, -0.15) is 0 Å². The molecule has 0 radical (unpaired) electrons. The zero-order chi connectivity index (χ0) is 21.3. The Morgan fingerprint density at radius 1 is 1.00 bits per heavy atom. The van der Waals surface area contributed by atoms with Crippen molar-refractivity contribution in [3.63, 3.8) is 0 Å². The van der Waals surface area contributed by atoms with Crippen LogP contribution in [0.3, 0.4) is 0 Å². The van der Waals surface area contributed by atoms with Gasteiger partial charge >= 0.3 is 0 Å². The molecular formula is C22H24Cl2N2O3S. The van der Waals surface area contributed by atoms with Crippen molar-refractivity contribution in [2.45, 2.75) is 43.0 Å². The lowest BCUT2D eigenvalue weighted by Crippen LogP contribution is -2.39. The number of nitrogens with one attached hydrogen (secondary N) is 1. The Morgan fingerprint density at radius 2 is 1.67 bits per heavy atom. The van der Waals surface area contributed by atoms with Crippen LogP contribution in [0.2, 0.25) is 10.0 Å². The molecule has 30 heavy (non-hydrogen) atoms. The molecule has 1 aliphatic heterocycles. The highest BCUT2D eigenvalue weighted by Gasteiger charge is 2.31. The summed E-state index contributed by atoms with van der Waals surface area (Å²) in [5, 5.41) is 0.188. The molecule has 1 heterocycles. The first-order valence-corrected chi connectivity index (χ1v) is 12.4. The molecule has 2 aromatic carbocycles. The largest absolute Gasteiger partial charge is 0.339 e. The number of nitrogens with zero attached hydrogens (tertiary/aromatic N) is 1. The minimum atomic E-state index is -3.79. The summed E-state index contributed by atoms with van der Waals surface area (Å²) in [7, 11) is -3.79. The van der Waals surface area contributed by atoms with Gasteiger partial charge in [0.2, 0.25) is 10.0 Å².